The fourth-order valence-corrected chi connectivity index (χ4v) is 1.95. The van der Waals surface area contributed by atoms with Crippen LogP contribution in [0.25, 0.3) is 11.8 Å². The van der Waals surface area contributed by atoms with Gasteiger partial charge in [-0.2, -0.15) is 5.10 Å². The maximum absolute atomic E-state index is 12.1. The summed E-state index contributed by atoms with van der Waals surface area (Å²) in [6.45, 7) is 0. The van der Waals surface area contributed by atoms with Crippen molar-refractivity contribution in [1.29, 1.82) is 0 Å². The molecule has 0 amide bonds. The van der Waals surface area contributed by atoms with E-state index in [-0.39, 0.29) is 5.78 Å². The van der Waals surface area contributed by atoms with Gasteiger partial charge in [0.1, 0.15) is 12.7 Å². The largest absolute Gasteiger partial charge is 0.289 e. The Morgan fingerprint density at radius 1 is 1.00 bits per heavy atom. The molecule has 0 atom stereocenters. The lowest BCUT2D eigenvalue weighted by atomic mass is 10.1. The van der Waals surface area contributed by atoms with Gasteiger partial charge in [-0.05, 0) is 35.9 Å². The molecule has 1 heterocycles. The van der Waals surface area contributed by atoms with Gasteiger partial charge in [-0.15, -0.1) is 0 Å². The van der Waals surface area contributed by atoms with E-state index >= 15 is 0 Å². The van der Waals surface area contributed by atoms with Gasteiger partial charge in [-0.3, -0.25) is 4.79 Å². The van der Waals surface area contributed by atoms with Crippen LogP contribution in [0.2, 0.25) is 0 Å². The quantitative estimate of drug-likeness (QED) is 0.543. The van der Waals surface area contributed by atoms with Crippen LogP contribution in [0, 0.1) is 0 Å². The van der Waals surface area contributed by atoms with E-state index in [2.05, 4.69) is 10.1 Å². The third-order valence-corrected chi connectivity index (χ3v) is 3.06. The molecule has 0 unspecified atom stereocenters. The van der Waals surface area contributed by atoms with E-state index in [0.717, 1.165) is 11.3 Å². The van der Waals surface area contributed by atoms with E-state index in [4.69, 9.17) is 0 Å². The number of hydrogen-bond acceptors (Lipinski definition) is 3. The minimum atomic E-state index is -0.0241. The number of ketones is 1. The van der Waals surface area contributed by atoms with Crippen molar-refractivity contribution in [3.63, 3.8) is 0 Å². The van der Waals surface area contributed by atoms with Crippen molar-refractivity contribution in [2.75, 3.05) is 0 Å². The van der Waals surface area contributed by atoms with Gasteiger partial charge in [0.25, 0.3) is 0 Å². The maximum Gasteiger partial charge on any atom is 0.185 e. The molecular weight excluding hydrogens is 262 g/mol. The number of carbonyl (C=O) groups is 1. The summed E-state index contributed by atoms with van der Waals surface area (Å²) in [5.74, 6) is -0.0241. The third-order valence-electron chi connectivity index (χ3n) is 3.06. The van der Waals surface area contributed by atoms with Gasteiger partial charge >= 0.3 is 0 Å². The van der Waals surface area contributed by atoms with Crippen molar-refractivity contribution in [2.45, 2.75) is 0 Å². The van der Waals surface area contributed by atoms with Gasteiger partial charge in [0.15, 0.2) is 5.78 Å². The summed E-state index contributed by atoms with van der Waals surface area (Å²) in [7, 11) is 0. The van der Waals surface area contributed by atoms with Crippen LogP contribution >= 0.6 is 0 Å². The van der Waals surface area contributed by atoms with Crippen LogP contribution < -0.4 is 0 Å². The predicted octanol–water partition coefficient (Wildman–Crippen LogP) is 3.16. The van der Waals surface area contributed by atoms with Crippen molar-refractivity contribution in [2.24, 2.45) is 0 Å². The Morgan fingerprint density at radius 3 is 2.43 bits per heavy atom. The number of aromatic nitrogens is 3. The standard InChI is InChI=1S/C17H13N3O/c21-17(11-6-14-4-2-1-3-5-14)15-7-9-16(10-8-15)20-13-18-12-19-20/h1-13H. The first-order chi connectivity index (χ1) is 10.3. The highest BCUT2D eigenvalue weighted by atomic mass is 16.1. The van der Waals surface area contributed by atoms with Crippen LogP contribution in [-0.2, 0) is 0 Å². The zero-order chi connectivity index (χ0) is 14.5. The molecule has 3 aromatic rings. The van der Waals surface area contributed by atoms with Crippen LogP contribution in [0.5, 0.6) is 0 Å². The number of benzene rings is 2. The Kier molecular flexibility index (Phi) is 3.69. The van der Waals surface area contributed by atoms with Gasteiger partial charge in [-0.25, -0.2) is 9.67 Å². The fraction of sp³-hybridized carbons (Fsp3) is 0. The third kappa shape index (κ3) is 3.12. The average Bonchev–Trinajstić information content (AvgIpc) is 3.08. The normalized spacial score (nSPS) is 10.9. The molecule has 4 heteroatoms. The summed E-state index contributed by atoms with van der Waals surface area (Å²) < 4.78 is 1.65. The van der Waals surface area contributed by atoms with Crippen molar-refractivity contribution < 1.29 is 4.79 Å². The minimum Gasteiger partial charge on any atom is -0.289 e. The summed E-state index contributed by atoms with van der Waals surface area (Å²) in [6.07, 6.45) is 6.49. The smallest absolute Gasteiger partial charge is 0.185 e. The van der Waals surface area contributed by atoms with Crippen LogP contribution in [0.15, 0.2) is 73.3 Å². The monoisotopic (exact) mass is 275 g/mol. The van der Waals surface area contributed by atoms with Gasteiger partial charge < -0.3 is 0 Å². The first-order valence-electron chi connectivity index (χ1n) is 6.55. The lowest BCUT2D eigenvalue weighted by molar-refractivity contribution is 0.104. The van der Waals surface area contributed by atoms with Crippen molar-refractivity contribution in [3.05, 3.63) is 84.5 Å². The first-order valence-corrected chi connectivity index (χ1v) is 6.55. The highest BCUT2D eigenvalue weighted by molar-refractivity contribution is 6.06. The summed E-state index contributed by atoms with van der Waals surface area (Å²) >= 11 is 0. The molecule has 4 nitrogen and oxygen atoms in total. The fourth-order valence-electron chi connectivity index (χ4n) is 1.95. The molecule has 0 aliphatic rings. The van der Waals surface area contributed by atoms with Crippen LogP contribution in [0.1, 0.15) is 15.9 Å². The second kappa shape index (κ2) is 5.96. The maximum atomic E-state index is 12.1. The lowest BCUT2D eigenvalue weighted by Gasteiger charge is -2.01. The average molecular weight is 275 g/mol. The van der Waals surface area contributed by atoms with Crippen LogP contribution in [0.3, 0.4) is 0 Å². The zero-order valence-electron chi connectivity index (χ0n) is 11.3. The van der Waals surface area contributed by atoms with E-state index in [1.54, 1.807) is 29.2 Å². The zero-order valence-corrected chi connectivity index (χ0v) is 11.3. The number of carbonyl (C=O) groups excluding carboxylic acids is 1. The molecule has 3 rings (SSSR count). The predicted molar refractivity (Wildman–Crippen MR) is 81.2 cm³/mol. The Hall–Kier alpha value is -3.01. The molecule has 0 saturated carbocycles. The summed E-state index contributed by atoms with van der Waals surface area (Å²) in [5, 5.41) is 4.04. The van der Waals surface area contributed by atoms with Gasteiger partial charge in [-0.1, -0.05) is 36.4 Å². The molecule has 0 aliphatic heterocycles. The highest BCUT2D eigenvalue weighted by Crippen LogP contribution is 2.10. The molecule has 0 spiro atoms. The molecule has 102 valence electrons. The summed E-state index contributed by atoms with van der Waals surface area (Å²) in [6, 6.07) is 17.0. The van der Waals surface area contributed by atoms with Crippen LogP contribution in [-0.4, -0.2) is 20.5 Å². The van der Waals surface area contributed by atoms with E-state index in [1.807, 2.05) is 48.5 Å². The Labute approximate surface area is 122 Å². The van der Waals surface area contributed by atoms with Gasteiger partial charge in [0.05, 0.1) is 5.69 Å². The van der Waals surface area contributed by atoms with E-state index in [0.29, 0.717) is 5.56 Å². The number of hydrogen-bond donors (Lipinski definition) is 0. The van der Waals surface area contributed by atoms with E-state index in [9.17, 15) is 4.79 Å². The number of allylic oxidation sites excluding steroid dienone is 1. The summed E-state index contributed by atoms with van der Waals surface area (Å²) in [4.78, 5) is 16.0. The summed E-state index contributed by atoms with van der Waals surface area (Å²) in [5.41, 5.74) is 2.52. The van der Waals surface area contributed by atoms with E-state index < -0.39 is 0 Å². The van der Waals surface area contributed by atoms with E-state index in [1.165, 1.54) is 6.33 Å². The van der Waals surface area contributed by atoms with Crippen LogP contribution in [0.4, 0.5) is 0 Å². The SMILES string of the molecule is O=C(C=Cc1ccccc1)c1ccc(-n2cncn2)cc1. The molecule has 1 aromatic heterocycles. The van der Waals surface area contributed by atoms with Crippen molar-refractivity contribution >= 4 is 11.9 Å². The Balaban J connectivity index is 1.75. The first kappa shape index (κ1) is 13.0. The number of nitrogens with zero attached hydrogens (tertiary/aromatic N) is 3. The molecule has 0 fully saturated rings. The molecule has 0 bridgehead atoms. The topological polar surface area (TPSA) is 47.8 Å². The van der Waals surface area contributed by atoms with Crippen molar-refractivity contribution in [3.8, 4) is 5.69 Å². The second-order valence-corrected chi connectivity index (χ2v) is 4.50. The highest BCUT2D eigenvalue weighted by Gasteiger charge is 2.03. The molecule has 0 radical (unpaired) electrons. The number of rotatable bonds is 4. The Morgan fingerprint density at radius 2 is 1.76 bits per heavy atom. The van der Waals surface area contributed by atoms with Gasteiger partial charge in [0.2, 0.25) is 0 Å². The van der Waals surface area contributed by atoms with Crippen molar-refractivity contribution in [1.82, 2.24) is 14.8 Å². The molecule has 2 aromatic carbocycles. The Bertz CT molecular complexity index is 744. The molecule has 0 aliphatic carbocycles. The minimum absolute atomic E-state index is 0.0241. The lowest BCUT2D eigenvalue weighted by Crippen LogP contribution is -1.97. The second-order valence-electron chi connectivity index (χ2n) is 4.50. The molecule has 0 N–H and O–H groups in total. The molecular formula is C17H13N3O. The molecule has 0 saturated heterocycles. The molecule has 21 heavy (non-hydrogen) atoms. The van der Waals surface area contributed by atoms with Gasteiger partial charge in [0, 0.05) is 5.56 Å².